The maximum absolute atomic E-state index is 14.1. The second-order valence-corrected chi connectivity index (χ2v) is 5.46. The molecule has 1 aromatic rings. The van der Waals surface area contributed by atoms with Gasteiger partial charge in [0.05, 0.1) is 6.61 Å². The van der Waals surface area contributed by atoms with E-state index in [0.29, 0.717) is 19.1 Å². The molecule has 0 aliphatic heterocycles. The first-order valence-corrected chi connectivity index (χ1v) is 7.62. The molecule has 1 aliphatic carbocycles. The van der Waals surface area contributed by atoms with Gasteiger partial charge >= 0.3 is 0 Å². The summed E-state index contributed by atoms with van der Waals surface area (Å²) in [6.07, 6.45) is 4.53. The number of nitrogens with zero attached hydrogens (tertiary/aromatic N) is 1. The Morgan fingerprint density at radius 1 is 1.35 bits per heavy atom. The summed E-state index contributed by atoms with van der Waals surface area (Å²) in [5.41, 5.74) is 1.64. The molecule has 0 radical (unpaired) electrons. The molecule has 2 rings (SSSR count). The maximum atomic E-state index is 14.1. The number of nitrogens with one attached hydrogen (secondary N) is 1. The van der Waals surface area contributed by atoms with Gasteiger partial charge in [-0.1, -0.05) is 19.4 Å². The van der Waals surface area contributed by atoms with Gasteiger partial charge in [-0.15, -0.1) is 0 Å². The van der Waals surface area contributed by atoms with Crippen LogP contribution in [0.15, 0.2) is 18.2 Å². The van der Waals surface area contributed by atoms with E-state index in [1.807, 2.05) is 6.07 Å². The van der Waals surface area contributed by atoms with Crippen molar-refractivity contribution in [1.82, 2.24) is 5.32 Å². The van der Waals surface area contributed by atoms with Crippen molar-refractivity contribution < 1.29 is 9.50 Å². The smallest absolute Gasteiger partial charge is 0.129 e. The highest BCUT2D eigenvalue weighted by Gasteiger charge is 2.22. The second-order valence-electron chi connectivity index (χ2n) is 5.46. The molecule has 2 N–H and O–H groups in total. The SMILES string of the molecule is CCCCN(CCO)c1cccc(F)c1CNC1CC1. The van der Waals surface area contributed by atoms with Crippen LogP contribution in [0.3, 0.4) is 0 Å². The minimum absolute atomic E-state index is 0.0930. The van der Waals surface area contributed by atoms with Crippen LogP contribution < -0.4 is 10.2 Å². The molecular formula is C16H25FN2O. The van der Waals surface area contributed by atoms with Crippen molar-refractivity contribution in [3.63, 3.8) is 0 Å². The maximum Gasteiger partial charge on any atom is 0.129 e. The van der Waals surface area contributed by atoms with Gasteiger partial charge in [-0.25, -0.2) is 4.39 Å². The number of halogens is 1. The Morgan fingerprint density at radius 3 is 2.80 bits per heavy atom. The predicted molar refractivity (Wildman–Crippen MR) is 80.5 cm³/mol. The lowest BCUT2D eigenvalue weighted by Gasteiger charge is -2.27. The summed E-state index contributed by atoms with van der Waals surface area (Å²) >= 11 is 0. The van der Waals surface area contributed by atoms with E-state index < -0.39 is 0 Å². The van der Waals surface area contributed by atoms with Crippen LogP contribution in [0.1, 0.15) is 38.2 Å². The Bertz CT molecular complexity index is 421. The number of hydrogen-bond acceptors (Lipinski definition) is 3. The normalized spacial score (nSPS) is 14.6. The van der Waals surface area contributed by atoms with Crippen LogP contribution in [0.5, 0.6) is 0 Å². The van der Waals surface area contributed by atoms with Crippen LogP contribution in [0.4, 0.5) is 10.1 Å². The van der Waals surface area contributed by atoms with Crippen molar-refractivity contribution in [2.24, 2.45) is 0 Å². The minimum atomic E-state index is -0.157. The summed E-state index contributed by atoms with van der Waals surface area (Å²) < 4.78 is 14.1. The Balaban J connectivity index is 2.14. The first-order chi connectivity index (χ1) is 9.76. The van der Waals surface area contributed by atoms with Gasteiger partial charge in [-0.05, 0) is 31.4 Å². The summed E-state index contributed by atoms with van der Waals surface area (Å²) in [5, 5.41) is 12.6. The average molecular weight is 280 g/mol. The molecule has 1 aromatic carbocycles. The largest absolute Gasteiger partial charge is 0.395 e. The van der Waals surface area contributed by atoms with Crippen LogP contribution in [0, 0.1) is 5.82 Å². The fraction of sp³-hybridized carbons (Fsp3) is 0.625. The topological polar surface area (TPSA) is 35.5 Å². The van der Waals surface area contributed by atoms with E-state index in [2.05, 4.69) is 17.1 Å². The lowest BCUT2D eigenvalue weighted by Crippen LogP contribution is -2.30. The molecule has 4 heteroatoms. The Kier molecular flexibility index (Phi) is 5.80. The Morgan fingerprint density at radius 2 is 2.15 bits per heavy atom. The van der Waals surface area contributed by atoms with Crippen LogP contribution >= 0.6 is 0 Å². The molecular weight excluding hydrogens is 255 g/mol. The molecule has 3 nitrogen and oxygen atoms in total. The molecule has 20 heavy (non-hydrogen) atoms. The van der Waals surface area contributed by atoms with Gasteiger partial charge in [0.25, 0.3) is 0 Å². The number of unbranched alkanes of at least 4 members (excludes halogenated alkanes) is 1. The van der Waals surface area contributed by atoms with Crippen LogP contribution in [-0.2, 0) is 6.54 Å². The summed E-state index contributed by atoms with van der Waals surface area (Å²) in [6.45, 7) is 4.21. The third kappa shape index (κ3) is 4.18. The third-order valence-electron chi connectivity index (χ3n) is 3.73. The van der Waals surface area contributed by atoms with Crippen molar-refractivity contribution in [1.29, 1.82) is 0 Å². The second kappa shape index (κ2) is 7.60. The van der Waals surface area contributed by atoms with E-state index in [1.54, 1.807) is 6.07 Å². The number of hydrogen-bond donors (Lipinski definition) is 2. The summed E-state index contributed by atoms with van der Waals surface area (Å²) in [4.78, 5) is 2.09. The van der Waals surface area contributed by atoms with E-state index in [1.165, 1.54) is 18.9 Å². The number of rotatable bonds is 9. The Hall–Kier alpha value is -1.13. The number of aliphatic hydroxyl groups excluding tert-OH is 1. The number of anilines is 1. The van der Waals surface area contributed by atoms with Crippen molar-refractivity contribution in [3.05, 3.63) is 29.6 Å². The van der Waals surface area contributed by atoms with Gasteiger partial charge in [0.15, 0.2) is 0 Å². The van der Waals surface area contributed by atoms with Crippen LogP contribution in [-0.4, -0.2) is 30.8 Å². The zero-order valence-corrected chi connectivity index (χ0v) is 12.2. The van der Waals surface area contributed by atoms with Crippen LogP contribution in [0.25, 0.3) is 0 Å². The number of benzene rings is 1. The molecule has 0 saturated heterocycles. The van der Waals surface area contributed by atoms with Crippen molar-refractivity contribution >= 4 is 5.69 Å². The van der Waals surface area contributed by atoms with Crippen molar-refractivity contribution in [3.8, 4) is 0 Å². The van der Waals surface area contributed by atoms with Gasteiger partial charge in [0.1, 0.15) is 5.82 Å². The van der Waals surface area contributed by atoms with E-state index >= 15 is 0 Å². The fourth-order valence-corrected chi connectivity index (χ4v) is 2.37. The molecule has 1 fully saturated rings. The van der Waals surface area contributed by atoms with Gasteiger partial charge < -0.3 is 15.3 Å². The summed E-state index contributed by atoms with van der Waals surface area (Å²) in [6, 6.07) is 5.79. The summed E-state index contributed by atoms with van der Waals surface area (Å²) in [5.74, 6) is -0.157. The van der Waals surface area contributed by atoms with E-state index in [0.717, 1.165) is 30.6 Å². The minimum Gasteiger partial charge on any atom is -0.395 e. The van der Waals surface area contributed by atoms with Crippen molar-refractivity contribution in [2.45, 2.75) is 45.2 Å². The van der Waals surface area contributed by atoms with Gasteiger partial charge in [-0.3, -0.25) is 0 Å². The first-order valence-electron chi connectivity index (χ1n) is 7.62. The van der Waals surface area contributed by atoms with E-state index in [9.17, 15) is 9.50 Å². The highest BCUT2D eigenvalue weighted by Crippen LogP contribution is 2.26. The highest BCUT2D eigenvalue weighted by atomic mass is 19.1. The summed E-state index contributed by atoms with van der Waals surface area (Å²) in [7, 11) is 0. The molecule has 1 saturated carbocycles. The zero-order valence-electron chi connectivity index (χ0n) is 12.2. The van der Waals surface area contributed by atoms with E-state index in [4.69, 9.17) is 0 Å². The van der Waals surface area contributed by atoms with Gasteiger partial charge in [-0.2, -0.15) is 0 Å². The molecule has 0 atom stereocenters. The predicted octanol–water partition coefficient (Wildman–Crippen LogP) is 2.68. The molecule has 112 valence electrons. The molecule has 1 aliphatic rings. The van der Waals surface area contributed by atoms with E-state index in [-0.39, 0.29) is 12.4 Å². The molecule has 0 amide bonds. The average Bonchev–Trinajstić information content (AvgIpc) is 3.26. The fourth-order valence-electron chi connectivity index (χ4n) is 2.37. The van der Waals surface area contributed by atoms with Gasteiger partial charge in [0.2, 0.25) is 0 Å². The quantitative estimate of drug-likeness (QED) is 0.730. The zero-order chi connectivity index (χ0) is 14.4. The molecule has 0 spiro atoms. The highest BCUT2D eigenvalue weighted by molar-refractivity contribution is 5.54. The molecule has 0 aromatic heterocycles. The lowest BCUT2D eigenvalue weighted by atomic mass is 10.1. The Labute approximate surface area is 120 Å². The first kappa shape index (κ1) is 15.3. The monoisotopic (exact) mass is 280 g/mol. The lowest BCUT2D eigenvalue weighted by molar-refractivity contribution is 0.301. The third-order valence-corrected chi connectivity index (χ3v) is 3.73. The molecule has 0 unspecified atom stereocenters. The standard InChI is InChI=1S/C16H25FN2O/c1-2-3-9-19(10-11-20)16-6-4-5-15(17)14(16)12-18-13-7-8-13/h4-6,13,18,20H,2-3,7-12H2,1H3. The molecule has 0 heterocycles. The molecule has 0 bridgehead atoms. The number of aliphatic hydroxyl groups is 1. The van der Waals surface area contributed by atoms with Gasteiger partial charge in [0, 0.05) is 36.9 Å². The van der Waals surface area contributed by atoms with Crippen LogP contribution in [0.2, 0.25) is 0 Å². The van der Waals surface area contributed by atoms with Crippen molar-refractivity contribution in [2.75, 3.05) is 24.6 Å².